The highest BCUT2D eigenvalue weighted by Crippen LogP contribution is 2.30. The average Bonchev–Trinajstić information content (AvgIpc) is 3.28. The normalized spacial score (nSPS) is 10.9. The number of amides is 1. The first-order chi connectivity index (χ1) is 16.9. The summed E-state index contributed by atoms with van der Waals surface area (Å²) in [6.07, 6.45) is 0.578. The number of carboxylic acid groups (broad SMARTS) is 1. The van der Waals surface area contributed by atoms with E-state index in [4.69, 9.17) is 5.11 Å². The summed E-state index contributed by atoms with van der Waals surface area (Å²) >= 11 is 0. The predicted octanol–water partition coefficient (Wildman–Crippen LogP) is 5.45. The largest absolute Gasteiger partial charge is 0.508 e. The number of nitrogens with one attached hydrogen (secondary N) is 1. The summed E-state index contributed by atoms with van der Waals surface area (Å²) in [6.45, 7) is 5.71. The van der Waals surface area contributed by atoms with Gasteiger partial charge in [0.05, 0.1) is 23.9 Å². The van der Waals surface area contributed by atoms with Gasteiger partial charge >= 0.3 is 12.1 Å². The van der Waals surface area contributed by atoms with Crippen molar-refractivity contribution in [3.63, 3.8) is 0 Å². The van der Waals surface area contributed by atoms with Crippen LogP contribution in [-0.4, -0.2) is 38.4 Å². The minimum absolute atomic E-state index is 0.0552. The number of aromatic nitrogens is 2. The van der Waals surface area contributed by atoms with Crippen LogP contribution in [0.1, 0.15) is 58.8 Å². The van der Waals surface area contributed by atoms with Gasteiger partial charge in [-0.15, -0.1) is 0 Å². The third-order valence-corrected chi connectivity index (χ3v) is 5.27. The number of carbonyl (C=O) groups excluding carboxylic acids is 1. The van der Waals surface area contributed by atoms with Crippen LogP contribution in [0.3, 0.4) is 0 Å². The first kappa shape index (κ1) is 28.4. The van der Waals surface area contributed by atoms with E-state index < -0.39 is 17.7 Å². The molecule has 0 atom stereocenters. The van der Waals surface area contributed by atoms with Gasteiger partial charge in [-0.25, -0.2) is 4.68 Å². The number of alkyl halides is 3. The molecule has 0 unspecified atom stereocenters. The van der Waals surface area contributed by atoms with Crippen molar-refractivity contribution in [2.24, 2.45) is 0 Å². The Morgan fingerprint density at radius 1 is 1.08 bits per heavy atom. The van der Waals surface area contributed by atoms with Gasteiger partial charge in [0, 0.05) is 18.3 Å². The SMILES string of the molecule is CCCCc1ccc(C(=O)NCCC(=O)O)cc1.Cc1cc(O)cc(C)c1-n1cc(C(F)(F)F)cn1. The Labute approximate surface area is 207 Å². The number of halogens is 3. The molecule has 0 aliphatic heterocycles. The number of carboxylic acids is 1. The summed E-state index contributed by atoms with van der Waals surface area (Å²) in [5.74, 6) is -1.06. The van der Waals surface area contributed by atoms with Crippen molar-refractivity contribution in [1.29, 1.82) is 0 Å². The van der Waals surface area contributed by atoms with Crippen LogP contribution in [0.2, 0.25) is 0 Å². The van der Waals surface area contributed by atoms with Gasteiger partial charge in [0.25, 0.3) is 5.91 Å². The quantitative estimate of drug-likeness (QED) is 0.378. The molecule has 0 bridgehead atoms. The molecule has 3 aromatic rings. The van der Waals surface area contributed by atoms with E-state index in [1.54, 1.807) is 26.0 Å². The Balaban J connectivity index is 0.000000254. The maximum atomic E-state index is 12.5. The lowest BCUT2D eigenvalue weighted by atomic mass is 10.1. The number of phenols is 1. The van der Waals surface area contributed by atoms with Crippen LogP contribution in [0, 0.1) is 13.8 Å². The molecule has 0 aliphatic rings. The van der Waals surface area contributed by atoms with E-state index in [-0.39, 0.29) is 24.6 Å². The zero-order chi connectivity index (χ0) is 26.9. The van der Waals surface area contributed by atoms with Gasteiger partial charge in [-0.05, 0) is 67.6 Å². The fourth-order valence-electron chi connectivity index (χ4n) is 3.47. The molecule has 0 aliphatic carbocycles. The van der Waals surface area contributed by atoms with Crippen LogP contribution < -0.4 is 5.32 Å². The molecule has 0 fully saturated rings. The van der Waals surface area contributed by atoms with Crippen LogP contribution >= 0.6 is 0 Å². The van der Waals surface area contributed by atoms with Gasteiger partial charge in [0.2, 0.25) is 0 Å². The van der Waals surface area contributed by atoms with Crippen molar-refractivity contribution in [2.75, 3.05) is 6.54 Å². The molecule has 1 heterocycles. The van der Waals surface area contributed by atoms with E-state index in [1.807, 2.05) is 12.1 Å². The van der Waals surface area contributed by atoms with E-state index in [0.717, 1.165) is 31.7 Å². The van der Waals surface area contributed by atoms with Gasteiger partial charge in [0.15, 0.2) is 0 Å². The number of rotatable bonds is 8. The zero-order valence-electron chi connectivity index (χ0n) is 20.4. The number of benzene rings is 2. The molecule has 1 aromatic heterocycles. The molecule has 0 radical (unpaired) electrons. The van der Waals surface area contributed by atoms with Crippen molar-refractivity contribution >= 4 is 11.9 Å². The van der Waals surface area contributed by atoms with Crippen LogP contribution in [0.25, 0.3) is 5.69 Å². The molecule has 0 spiro atoms. The maximum absolute atomic E-state index is 12.5. The minimum atomic E-state index is -4.41. The van der Waals surface area contributed by atoms with Crippen molar-refractivity contribution in [3.05, 3.63) is 76.6 Å². The second kappa shape index (κ2) is 12.8. The lowest BCUT2D eigenvalue weighted by molar-refractivity contribution is -0.138. The Bertz CT molecular complexity index is 1150. The third-order valence-electron chi connectivity index (χ3n) is 5.27. The first-order valence-corrected chi connectivity index (χ1v) is 11.4. The van der Waals surface area contributed by atoms with Crippen molar-refractivity contribution in [1.82, 2.24) is 15.1 Å². The first-order valence-electron chi connectivity index (χ1n) is 11.4. The molecule has 3 rings (SSSR count). The van der Waals surface area contributed by atoms with E-state index in [1.165, 1.54) is 22.4 Å². The number of phenolic OH excluding ortho intramolecular Hbond substituents is 1. The number of aliphatic carboxylic acids is 1. The summed E-state index contributed by atoms with van der Waals surface area (Å²) in [4.78, 5) is 22.0. The van der Waals surface area contributed by atoms with E-state index in [9.17, 15) is 27.9 Å². The minimum Gasteiger partial charge on any atom is -0.508 e. The van der Waals surface area contributed by atoms with Crippen LogP contribution in [0.4, 0.5) is 13.2 Å². The Morgan fingerprint density at radius 3 is 2.19 bits per heavy atom. The van der Waals surface area contributed by atoms with Gasteiger partial charge in [-0.2, -0.15) is 18.3 Å². The Kier molecular flexibility index (Phi) is 10.1. The molecule has 7 nitrogen and oxygen atoms in total. The highest BCUT2D eigenvalue weighted by Gasteiger charge is 2.32. The number of unbranched alkanes of at least 4 members (excludes halogenated alkanes) is 1. The second-order valence-electron chi connectivity index (χ2n) is 8.30. The molecule has 3 N–H and O–H groups in total. The lowest BCUT2D eigenvalue weighted by Crippen LogP contribution is -2.25. The van der Waals surface area contributed by atoms with Crippen molar-refractivity contribution in [2.45, 2.75) is 52.6 Å². The molecule has 0 saturated heterocycles. The summed E-state index contributed by atoms with van der Waals surface area (Å²) in [7, 11) is 0. The number of hydrogen-bond acceptors (Lipinski definition) is 4. The lowest BCUT2D eigenvalue weighted by Gasteiger charge is -2.10. The van der Waals surface area contributed by atoms with Crippen LogP contribution in [0.15, 0.2) is 48.8 Å². The third kappa shape index (κ3) is 8.44. The number of aromatic hydroxyl groups is 1. The number of carbonyl (C=O) groups is 2. The fourth-order valence-corrected chi connectivity index (χ4v) is 3.47. The maximum Gasteiger partial charge on any atom is 0.419 e. The highest BCUT2D eigenvalue weighted by atomic mass is 19.4. The topological polar surface area (TPSA) is 104 Å². The predicted molar refractivity (Wildman–Crippen MR) is 129 cm³/mol. The Hall–Kier alpha value is -3.82. The van der Waals surface area contributed by atoms with E-state index in [2.05, 4.69) is 17.3 Å². The summed E-state index contributed by atoms with van der Waals surface area (Å²) in [6, 6.07) is 10.4. The Morgan fingerprint density at radius 2 is 1.69 bits per heavy atom. The fraction of sp³-hybridized carbons (Fsp3) is 0.346. The van der Waals surface area contributed by atoms with E-state index in [0.29, 0.717) is 22.4 Å². The van der Waals surface area contributed by atoms with Crippen LogP contribution in [-0.2, 0) is 17.4 Å². The molecule has 10 heteroatoms. The van der Waals surface area contributed by atoms with Crippen molar-refractivity contribution < 1.29 is 33.0 Å². The molecule has 36 heavy (non-hydrogen) atoms. The number of hydrogen-bond donors (Lipinski definition) is 3. The molecule has 2 aromatic carbocycles. The molecule has 0 saturated carbocycles. The van der Waals surface area contributed by atoms with Crippen molar-refractivity contribution in [3.8, 4) is 11.4 Å². The van der Waals surface area contributed by atoms with Gasteiger partial charge < -0.3 is 15.5 Å². The molecule has 194 valence electrons. The molecular weight excluding hydrogens is 475 g/mol. The summed E-state index contributed by atoms with van der Waals surface area (Å²) < 4.78 is 38.6. The summed E-state index contributed by atoms with van der Waals surface area (Å²) in [5.41, 5.74) is 2.85. The molecular formula is C26H30F3N3O4. The van der Waals surface area contributed by atoms with E-state index >= 15 is 0 Å². The zero-order valence-corrected chi connectivity index (χ0v) is 20.4. The van der Waals surface area contributed by atoms with Gasteiger partial charge in [-0.1, -0.05) is 25.5 Å². The van der Waals surface area contributed by atoms with Gasteiger partial charge in [0.1, 0.15) is 5.75 Å². The summed E-state index contributed by atoms with van der Waals surface area (Å²) in [5, 5.41) is 24.1. The van der Waals surface area contributed by atoms with Crippen LogP contribution in [0.5, 0.6) is 5.75 Å². The second-order valence-corrected chi connectivity index (χ2v) is 8.30. The average molecular weight is 506 g/mol. The smallest absolute Gasteiger partial charge is 0.419 e. The van der Waals surface area contributed by atoms with Gasteiger partial charge in [-0.3, -0.25) is 9.59 Å². The standard InChI is InChI=1S/C14H19NO3.C12H11F3N2O/c1-2-3-4-11-5-7-12(8-6-11)14(18)15-10-9-13(16)17;1-7-3-10(18)4-8(2)11(7)17-6-9(5-16-17)12(13,14)15/h5-8H,2-4,9-10H2,1H3,(H,15,18)(H,16,17);3-6,18H,1-2H3. The number of aryl methyl sites for hydroxylation is 3. The number of nitrogens with zero attached hydrogens (tertiary/aromatic N) is 2. The highest BCUT2D eigenvalue weighted by molar-refractivity contribution is 5.94. The monoisotopic (exact) mass is 505 g/mol. The molecule has 1 amide bonds.